The first kappa shape index (κ1) is 24.1. The number of halogens is 2. The van der Waals surface area contributed by atoms with Crippen LogP contribution in [0.2, 0.25) is 0 Å². The molecule has 2 aromatic heterocycles. The average Bonchev–Trinajstić information content (AvgIpc) is 3.31. The third-order valence-electron chi connectivity index (χ3n) is 4.38. The molecule has 162 valence electrons. The van der Waals surface area contributed by atoms with Crippen molar-refractivity contribution in [3.63, 3.8) is 0 Å². The number of H-pyrrole nitrogens is 1. The molecule has 3 aromatic rings. The second-order valence-electron chi connectivity index (χ2n) is 6.46. The SMILES string of the molecule is CCNC(=NCCc1c[nH]c2ccc(F)cc12)NCCNC(=O)c1scnc1C.I. The second kappa shape index (κ2) is 11.8. The van der Waals surface area contributed by atoms with Crippen molar-refractivity contribution in [1.29, 1.82) is 0 Å². The van der Waals surface area contributed by atoms with E-state index in [0.29, 0.717) is 36.9 Å². The van der Waals surface area contributed by atoms with Crippen molar-refractivity contribution < 1.29 is 9.18 Å². The van der Waals surface area contributed by atoms with E-state index in [-0.39, 0.29) is 35.7 Å². The minimum absolute atomic E-state index is 0. The number of hydrogen-bond acceptors (Lipinski definition) is 4. The van der Waals surface area contributed by atoms with E-state index in [9.17, 15) is 9.18 Å². The van der Waals surface area contributed by atoms with Crippen LogP contribution >= 0.6 is 35.3 Å². The number of hydrogen-bond donors (Lipinski definition) is 4. The molecule has 0 spiro atoms. The highest BCUT2D eigenvalue weighted by atomic mass is 127. The van der Waals surface area contributed by atoms with Gasteiger partial charge < -0.3 is 20.9 Å². The number of carbonyl (C=O) groups excluding carboxylic acids is 1. The minimum Gasteiger partial charge on any atom is -0.361 e. The van der Waals surface area contributed by atoms with Crippen molar-refractivity contribution in [1.82, 2.24) is 25.9 Å². The second-order valence-corrected chi connectivity index (χ2v) is 7.32. The van der Waals surface area contributed by atoms with Crippen LogP contribution in [-0.2, 0) is 6.42 Å². The Balaban J connectivity index is 0.00000320. The zero-order valence-corrected chi connectivity index (χ0v) is 20.1. The van der Waals surface area contributed by atoms with E-state index in [1.165, 1.54) is 17.4 Å². The molecule has 10 heteroatoms. The van der Waals surface area contributed by atoms with Crippen LogP contribution in [0.5, 0.6) is 0 Å². The number of guanidine groups is 1. The van der Waals surface area contributed by atoms with Gasteiger partial charge in [0.05, 0.1) is 11.2 Å². The lowest BCUT2D eigenvalue weighted by Gasteiger charge is -2.11. The fraction of sp³-hybridized carbons (Fsp3) is 0.350. The molecule has 3 rings (SSSR count). The summed E-state index contributed by atoms with van der Waals surface area (Å²) >= 11 is 1.34. The van der Waals surface area contributed by atoms with Gasteiger partial charge in [-0.1, -0.05) is 0 Å². The van der Waals surface area contributed by atoms with E-state index in [4.69, 9.17) is 0 Å². The molecule has 30 heavy (non-hydrogen) atoms. The number of aliphatic imine (C=N–C) groups is 1. The average molecular weight is 544 g/mol. The Morgan fingerprint density at radius 3 is 2.80 bits per heavy atom. The molecule has 7 nitrogen and oxygen atoms in total. The van der Waals surface area contributed by atoms with Crippen LogP contribution in [0, 0.1) is 12.7 Å². The normalized spacial score (nSPS) is 11.2. The third kappa shape index (κ3) is 6.39. The number of aromatic nitrogens is 2. The van der Waals surface area contributed by atoms with Crippen molar-refractivity contribution in [2.45, 2.75) is 20.3 Å². The number of fused-ring (bicyclic) bond motifs is 1. The van der Waals surface area contributed by atoms with Gasteiger partial charge in [-0.3, -0.25) is 9.79 Å². The Hall–Kier alpha value is -2.21. The van der Waals surface area contributed by atoms with Crippen LogP contribution in [0.25, 0.3) is 10.9 Å². The summed E-state index contributed by atoms with van der Waals surface area (Å²) in [4.78, 5) is 24.5. The highest BCUT2D eigenvalue weighted by Crippen LogP contribution is 2.19. The number of aromatic amines is 1. The predicted octanol–water partition coefficient (Wildman–Crippen LogP) is 3.22. The zero-order chi connectivity index (χ0) is 20.6. The number of thiazole rings is 1. The first-order chi connectivity index (χ1) is 14.1. The maximum Gasteiger partial charge on any atom is 0.263 e. The van der Waals surface area contributed by atoms with Crippen molar-refractivity contribution in [3.05, 3.63) is 51.9 Å². The first-order valence-corrected chi connectivity index (χ1v) is 10.4. The van der Waals surface area contributed by atoms with E-state index >= 15 is 0 Å². The topological polar surface area (TPSA) is 94.2 Å². The molecule has 0 radical (unpaired) electrons. The van der Waals surface area contributed by atoms with Crippen LogP contribution in [0.1, 0.15) is 27.9 Å². The molecule has 0 unspecified atom stereocenters. The summed E-state index contributed by atoms with van der Waals surface area (Å²) in [5.74, 6) is 0.328. The molecule has 1 aromatic carbocycles. The smallest absolute Gasteiger partial charge is 0.263 e. The van der Waals surface area contributed by atoms with E-state index in [2.05, 4.69) is 30.9 Å². The summed E-state index contributed by atoms with van der Waals surface area (Å²) in [6, 6.07) is 4.73. The van der Waals surface area contributed by atoms with E-state index < -0.39 is 0 Å². The summed E-state index contributed by atoms with van der Waals surface area (Å²) in [6.07, 6.45) is 2.60. The number of amides is 1. The molecule has 0 saturated heterocycles. The number of benzene rings is 1. The number of carbonyl (C=O) groups is 1. The Morgan fingerprint density at radius 1 is 1.27 bits per heavy atom. The lowest BCUT2D eigenvalue weighted by atomic mass is 10.1. The number of rotatable bonds is 8. The Morgan fingerprint density at radius 2 is 2.07 bits per heavy atom. The summed E-state index contributed by atoms with van der Waals surface area (Å²) in [5, 5.41) is 10.2. The van der Waals surface area contributed by atoms with E-state index in [1.54, 1.807) is 17.6 Å². The van der Waals surface area contributed by atoms with Crippen LogP contribution in [-0.4, -0.2) is 48.0 Å². The highest BCUT2D eigenvalue weighted by molar-refractivity contribution is 14.0. The molecule has 0 atom stereocenters. The highest BCUT2D eigenvalue weighted by Gasteiger charge is 2.10. The maximum absolute atomic E-state index is 13.5. The Kier molecular flexibility index (Phi) is 9.50. The van der Waals surface area contributed by atoms with Crippen LogP contribution < -0.4 is 16.0 Å². The summed E-state index contributed by atoms with van der Waals surface area (Å²) < 4.78 is 13.5. The van der Waals surface area contributed by atoms with Gasteiger partial charge in [0.1, 0.15) is 10.7 Å². The van der Waals surface area contributed by atoms with Gasteiger partial charge in [-0.25, -0.2) is 9.37 Å². The molecule has 0 saturated carbocycles. The summed E-state index contributed by atoms with van der Waals surface area (Å²) in [6.45, 7) is 6.13. The van der Waals surface area contributed by atoms with Gasteiger partial charge in [-0.2, -0.15) is 0 Å². The quantitative estimate of drug-likeness (QED) is 0.152. The fourth-order valence-electron chi connectivity index (χ4n) is 2.94. The fourth-order valence-corrected chi connectivity index (χ4v) is 3.66. The Labute approximate surface area is 196 Å². The zero-order valence-electron chi connectivity index (χ0n) is 16.9. The molecule has 0 aliphatic carbocycles. The lowest BCUT2D eigenvalue weighted by Crippen LogP contribution is -2.41. The van der Waals surface area contributed by atoms with Crippen molar-refractivity contribution in [3.8, 4) is 0 Å². The number of aryl methyl sites for hydroxylation is 1. The molecule has 0 fully saturated rings. The molecule has 1 amide bonds. The van der Waals surface area contributed by atoms with Gasteiger partial charge >= 0.3 is 0 Å². The van der Waals surface area contributed by atoms with Gasteiger partial charge in [-0.15, -0.1) is 35.3 Å². The monoisotopic (exact) mass is 544 g/mol. The Bertz CT molecular complexity index is 1000. The van der Waals surface area contributed by atoms with Crippen molar-refractivity contribution in [2.75, 3.05) is 26.2 Å². The van der Waals surface area contributed by atoms with Crippen LogP contribution in [0.4, 0.5) is 4.39 Å². The largest absolute Gasteiger partial charge is 0.361 e. The van der Waals surface area contributed by atoms with Gasteiger partial charge in [0.2, 0.25) is 0 Å². The minimum atomic E-state index is -0.243. The third-order valence-corrected chi connectivity index (χ3v) is 5.31. The molecular weight excluding hydrogens is 518 g/mol. The van der Waals surface area contributed by atoms with Gasteiger partial charge in [0, 0.05) is 43.3 Å². The van der Waals surface area contributed by atoms with E-state index in [0.717, 1.165) is 28.7 Å². The number of nitrogens with zero attached hydrogens (tertiary/aromatic N) is 2. The van der Waals surface area contributed by atoms with Crippen LogP contribution in [0.15, 0.2) is 34.9 Å². The maximum atomic E-state index is 13.5. The molecule has 0 aliphatic rings. The standard InChI is InChI=1S/C20H25FN6OS.HI/c1-3-22-20(25-9-8-23-19(28)18-13(2)27-12-29-18)24-7-6-14-11-26-17-5-4-15(21)10-16(14)17;/h4-5,10-12,26H,3,6-9H2,1-2H3,(H,23,28)(H2,22,24,25);1H. The number of nitrogens with one attached hydrogen (secondary N) is 4. The van der Waals surface area contributed by atoms with Crippen molar-refractivity contribution in [2.24, 2.45) is 4.99 Å². The molecular formula is C20H26FIN6OS. The summed E-state index contributed by atoms with van der Waals surface area (Å²) in [7, 11) is 0. The molecule has 2 heterocycles. The van der Waals surface area contributed by atoms with Gasteiger partial charge in [0.25, 0.3) is 5.91 Å². The van der Waals surface area contributed by atoms with E-state index in [1.807, 2.05) is 20.0 Å². The van der Waals surface area contributed by atoms with Gasteiger partial charge in [-0.05, 0) is 44.0 Å². The molecule has 0 aliphatic heterocycles. The lowest BCUT2D eigenvalue weighted by molar-refractivity contribution is 0.0957. The van der Waals surface area contributed by atoms with Crippen molar-refractivity contribution >= 4 is 58.1 Å². The molecule has 0 bridgehead atoms. The molecule has 4 N–H and O–H groups in total. The van der Waals surface area contributed by atoms with Gasteiger partial charge in [0.15, 0.2) is 5.96 Å². The summed E-state index contributed by atoms with van der Waals surface area (Å²) in [5.41, 5.74) is 4.36. The van der Waals surface area contributed by atoms with Crippen LogP contribution in [0.3, 0.4) is 0 Å². The first-order valence-electron chi connectivity index (χ1n) is 9.54. The predicted molar refractivity (Wildman–Crippen MR) is 131 cm³/mol.